The third-order valence-electron chi connectivity index (χ3n) is 7.05. The van der Waals surface area contributed by atoms with E-state index in [9.17, 15) is 4.79 Å². The molecule has 1 amide bonds. The SMILES string of the molecule is COCCNC(=O)C1CCC(Nc2cc(-c3cccc(NCC4(N)CCOCC4)n3)c(Cl)cn2)CC1. The van der Waals surface area contributed by atoms with E-state index in [1.165, 1.54) is 0 Å². The van der Waals surface area contributed by atoms with Gasteiger partial charge in [-0.05, 0) is 56.7 Å². The number of nitrogens with two attached hydrogens (primary N) is 1. The number of rotatable bonds is 10. The van der Waals surface area contributed by atoms with E-state index < -0.39 is 0 Å². The topological polar surface area (TPSA) is 123 Å². The average Bonchev–Trinajstić information content (AvgIpc) is 2.90. The lowest BCUT2D eigenvalue weighted by molar-refractivity contribution is -0.126. The zero-order valence-corrected chi connectivity index (χ0v) is 21.7. The van der Waals surface area contributed by atoms with Crippen LogP contribution in [0, 0.1) is 5.92 Å². The minimum atomic E-state index is -0.287. The second kappa shape index (κ2) is 12.7. The molecule has 0 radical (unpaired) electrons. The fraction of sp³-hybridized carbons (Fsp3) is 0.577. The lowest BCUT2D eigenvalue weighted by Crippen LogP contribution is -2.50. The third kappa shape index (κ3) is 7.29. The molecule has 9 nitrogen and oxygen atoms in total. The molecule has 4 rings (SSSR count). The van der Waals surface area contributed by atoms with Crippen LogP contribution in [0.4, 0.5) is 11.6 Å². The zero-order chi connectivity index (χ0) is 25.4. The van der Waals surface area contributed by atoms with Gasteiger partial charge in [-0.3, -0.25) is 4.79 Å². The van der Waals surface area contributed by atoms with E-state index in [2.05, 4.69) is 20.9 Å². The first kappa shape index (κ1) is 26.6. The zero-order valence-electron chi connectivity index (χ0n) is 20.9. The molecule has 1 saturated carbocycles. The van der Waals surface area contributed by atoms with Crippen LogP contribution in [0.2, 0.25) is 5.02 Å². The number of nitrogens with zero attached hydrogens (tertiary/aromatic N) is 2. The van der Waals surface area contributed by atoms with E-state index in [0.29, 0.717) is 37.9 Å². The van der Waals surface area contributed by atoms with E-state index in [1.54, 1.807) is 13.3 Å². The van der Waals surface area contributed by atoms with Crippen molar-refractivity contribution in [2.45, 2.75) is 50.1 Å². The van der Waals surface area contributed by atoms with Gasteiger partial charge >= 0.3 is 0 Å². The van der Waals surface area contributed by atoms with Crippen molar-refractivity contribution in [2.75, 3.05) is 50.7 Å². The van der Waals surface area contributed by atoms with Gasteiger partial charge in [0.05, 0.1) is 17.3 Å². The molecule has 0 spiro atoms. The number of hydrogen-bond donors (Lipinski definition) is 4. The molecule has 196 valence electrons. The maximum absolute atomic E-state index is 12.3. The number of carbonyl (C=O) groups excluding carboxylic acids is 1. The lowest BCUT2D eigenvalue weighted by atomic mass is 9.85. The van der Waals surface area contributed by atoms with Gasteiger partial charge in [0.25, 0.3) is 0 Å². The molecule has 2 aliphatic rings. The Morgan fingerprint density at radius 2 is 2.00 bits per heavy atom. The molecule has 1 saturated heterocycles. The summed E-state index contributed by atoms with van der Waals surface area (Å²) in [6.45, 7) is 3.10. The van der Waals surface area contributed by atoms with Gasteiger partial charge in [-0.15, -0.1) is 0 Å². The van der Waals surface area contributed by atoms with Gasteiger partial charge in [0.2, 0.25) is 5.91 Å². The number of aromatic nitrogens is 2. The summed E-state index contributed by atoms with van der Waals surface area (Å²) in [6, 6.07) is 8.04. The molecule has 10 heteroatoms. The first-order chi connectivity index (χ1) is 17.5. The largest absolute Gasteiger partial charge is 0.383 e. The Hall–Kier alpha value is -2.46. The fourth-order valence-corrected chi connectivity index (χ4v) is 4.95. The summed E-state index contributed by atoms with van der Waals surface area (Å²) in [7, 11) is 1.63. The maximum Gasteiger partial charge on any atom is 0.223 e. The molecular weight excluding hydrogens is 480 g/mol. The molecule has 2 fully saturated rings. The van der Waals surface area contributed by atoms with Crippen LogP contribution in [-0.4, -0.2) is 67.5 Å². The van der Waals surface area contributed by atoms with Crippen molar-refractivity contribution in [3.05, 3.63) is 35.5 Å². The number of anilines is 2. The van der Waals surface area contributed by atoms with Crippen LogP contribution < -0.4 is 21.7 Å². The van der Waals surface area contributed by atoms with Crippen LogP contribution >= 0.6 is 11.6 Å². The Labute approximate surface area is 217 Å². The molecule has 5 N–H and O–H groups in total. The summed E-state index contributed by atoms with van der Waals surface area (Å²) in [5.74, 6) is 1.69. The smallest absolute Gasteiger partial charge is 0.223 e. The highest BCUT2D eigenvalue weighted by atomic mass is 35.5. The lowest BCUT2D eigenvalue weighted by Gasteiger charge is -2.33. The van der Waals surface area contributed by atoms with E-state index in [1.807, 2.05) is 24.3 Å². The van der Waals surface area contributed by atoms with Crippen molar-refractivity contribution in [1.82, 2.24) is 15.3 Å². The maximum atomic E-state index is 12.3. The number of amides is 1. The fourth-order valence-electron chi connectivity index (χ4n) is 4.75. The third-order valence-corrected chi connectivity index (χ3v) is 7.35. The molecule has 0 aromatic carbocycles. The standard InChI is InChI=1S/C26H37ClN6O3/c1-35-14-11-29-25(34)18-5-7-19(8-6-18)32-24-15-20(21(27)16-30-24)22-3-2-4-23(33-22)31-17-26(28)9-12-36-13-10-26/h2-4,15-16,18-19H,5-14,17,28H2,1H3,(H,29,34)(H,30,32)(H,31,33). The van der Waals surface area contributed by atoms with Gasteiger partial charge in [0.1, 0.15) is 11.6 Å². The molecule has 0 unspecified atom stereocenters. The molecule has 2 aromatic heterocycles. The summed E-state index contributed by atoms with van der Waals surface area (Å²) in [5, 5.41) is 10.4. The summed E-state index contributed by atoms with van der Waals surface area (Å²) in [4.78, 5) is 21.6. The van der Waals surface area contributed by atoms with Gasteiger partial charge < -0.3 is 31.2 Å². The quantitative estimate of drug-likeness (QED) is 0.354. The minimum Gasteiger partial charge on any atom is -0.383 e. The molecule has 0 atom stereocenters. The number of carbonyl (C=O) groups is 1. The van der Waals surface area contributed by atoms with E-state index >= 15 is 0 Å². The monoisotopic (exact) mass is 516 g/mol. The van der Waals surface area contributed by atoms with Gasteiger partial charge in [-0.1, -0.05) is 17.7 Å². The van der Waals surface area contributed by atoms with Gasteiger partial charge in [0, 0.05) is 62.7 Å². The Kier molecular flexibility index (Phi) is 9.36. The Balaban J connectivity index is 1.35. The molecular formula is C26H37ClN6O3. The normalized spacial score (nSPS) is 21.5. The molecule has 2 aromatic rings. The minimum absolute atomic E-state index is 0.0573. The van der Waals surface area contributed by atoms with Crippen molar-refractivity contribution in [2.24, 2.45) is 11.7 Å². The van der Waals surface area contributed by atoms with Gasteiger partial charge in [-0.25, -0.2) is 9.97 Å². The molecule has 1 aliphatic carbocycles. The predicted octanol–water partition coefficient (Wildman–Crippen LogP) is 3.45. The van der Waals surface area contributed by atoms with E-state index in [0.717, 1.165) is 61.4 Å². The summed E-state index contributed by atoms with van der Waals surface area (Å²) < 4.78 is 10.4. The number of nitrogens with one attached hydrogen (secondary N) is 3. The van der Waals surface area contributed by atoms with E-state index in [-0.39, 0.29) is 23.4 Å². The second-order valence-electron chi connectivity index (χ2n) is 9.76. The molecule has 36 heavy (non-hydrogen) atoms. The Bertz CT molecular complexity index is 1010. The molecule has 0 bridgehead atoms. The average molecular weight is 517 g/mol. The second-order valence-corrected chi connectivity index (χ2v) is 10.2. The van der Waals surface area contributed by atoms with Crippen molar-refractivity contribution in [3.8, 4) is 11.3 Å². The highest BCUT2D eigenvalue weighted by molar-refractivity contribution is 6.33. The van der Waals surface area contributed by atoms with E-state index in [4.69, 9.17) is 31.8 Å². The van der Waals surface area contributed by atoms with Gasteiger partial charge in [-0.2, -0.15) is 0 Å². The molecule has 1 aliphatic heterocycles. The summed E-state index contributed by atoms with van der Waals surface area (Å²) in [5.41, 5.74) is 7.80. The van der Waals surface area contributed by atoms with Crippen LogP contribution in [0.25, 0.3) is 11.3 Å². The highest BCUT2D eigenvalue weighted by Crippen LogP contribution is 2.31. The summed E-state index contributed by atoms with van der Waals surface area (Å²) >= 11 is 6.51. The summed E-state index contributed by atoms with van der Waals surface area (Å²) in [6.07, 6.45) is 6.82. The number of methoxy groups -OCH3 is 1. The molecule has 3 heterocycles. The van der Waals surface area contributed by atoms with Crippen LogP contribution in [0.3, 0.4) is 0 Å². The van der Waals surface area contributed by atoms with Crippen LogP contribution in [0.5, 0.6) is 0 Å². The Morgan fingerprint density at radius 3 is 2.75 bits per heavy atom. The van der Waals surface area contributed by atoms with Crippen LogP contribution in [0.1, 0.15) is 38.5 Å². The van der Waals surface area contributed by atoms with Gasteiger partial charge in [0.15, 0.2) is 0 Å². The van der Waals surface area contributed by atoms with Crippen molar-refractivity contribution < 1.29 is 14.3 Å². The van der Waals surface area contributed by atoms with Crippen LogP contribution in [-0.2, 0) is 14.3 Å². The first-order valence-corrected chi connectivity index (χ1v) is 13.1. The van der Waals surface area contributed by atoms with Crippen molar-refractivity contribution in [3.63, 3.8) is 0 Å². The number of halogens is 1. The van der Waals surface area contributed by atoms with Crippen molar-refractivity contribution in [1.29, 1.82) is 0 Å². The number of hydrogen-bond acceptors (Lipinski definition) is 8. The number of pyridine rings is 2. The van der Waals surface area contributed by atoms with Crippen LogP contribution in [0.15, 0.2) is 30.5 Å². The highest BCUT2D eigenvalue weighted by Gasteiger charge is 2.28. The predicted molar refractivity (Wildman–Crippen MR) is 142 cm³/mol. The first-order valence-electron chi connectivity index (χ1n) is 12.7. The number of ether oxygens (including phenoxy) is 2. The Morgan fingerprint density at radius 1 is 1.22 bits per heavy atom. The van der Waals surface area contributed by atoms with Crippen molar-refractivity contribution >= 4 is 29.1 Å².